The number of amides is 1. The van der Waals surface area contributed by atoms with Gasteiger partial charge in [-0.2, -0.15) is 5.10 Å². The van der Waals surface area contributed by atoms with E-state index < -0.39 is 0 Å². The molecule has 0 saturated carbocycles. The van der Waals surface area contributed by atoms with Crippen LogP contribution in [-0.2, 0) is 12.8 Å². The smallest absolute Gasteiger partial charge is 0.274 e. The molecule has 2 aromatic rings. The number of rotatable bonds is 5. The molecule has 1 fully saturated rings. The molecule has 0 spiro atoms. The van der Waals surface area contributed by atoms with Crippen molar-refractivity contribution in [1.29, 1.82) is 0 Å². The maximum atomic E-state index is 13.4. The fourth-order valence-corrected chi connectivity index (χ4v) is 4.24. The first-order valence-electron chi connectivity index (χ1n) is 9.88. The molecule has 1 aromatic carbocycles. The number of nitrogens with zero attached hydrogens (tertiary/aromatic N) is 3. The molecule has 1 aliphatic carbocycles. The van der Waals surface area contributed by atoms with Gasteiger partial charge in [-0.1, -0.05) is 24.6 Å². The van der Waals surface area contributed by atoms with Crippen molar-refractivity contribution in [3.05, 3.63) is 46.8 Å². The molecule has 2 heterocycles. The number of benzene rings is 1. The molecular formula is C21H29ClN4O. The largest absolute Gasteiger partial charge is 0.333 e. The van der Waals surface area contributed by atoms with Crippen molar-refractivity contribution in [3.8, 4) is 5.69 Å². The van der Waals surface area contributed by atoms with Gasteiger partial charge in [0, 0.05) is 30.4 Å². The molecule has 146 valence electrons. The zero-order chi connectivity index (χ0) is 18.1. The summed E-state index contributed by atoms with van der Waals surface area (Å²) in [4.78, 5) is 15.5. The van der Waals surface area contributed by atoms with Gasteiger partial charge in [0.15, 0.2) is 5.69 Å². The van der Waals surface area contributed by atoms with E-state index in [1.165, 1.54) is 16.8 Å². The summed E-state index contributed by atoms with van der Waals surface area (Å²) >= 11 is 0. The number of fused-ring (bicyclic) bond motifs is 1. The molecule has 1 amide bonds. The Morgan fingerprint density at radius 3 is 2.74 bits per heavy atom. The lowest BCUT2D eigenvalue weighted by Crippen LogP contribution is -2.42. The predicted octanol–water partition coefficient (Wildman–Crippen LogP) is 3.31. The third-order valence-electron chi connectivity index (χ3n) is 5.61. The van der Waals surface area contributed by atoms with Gasteiger partial charge in [-0.25, -0.2) is 4.68 Å². The Hall–Kier alpha value is -1.85. The summed E-state index contributed by atoms with van der Waals surface area (Å²) in [5, 5.41) is 8.20. The van der Waals surface area contributed by atoms with E-state index >= 15 is 0 Å². The summed E-state index contributed by atoms with van der Waals surface area (Å²) in [5.41, 5.74) is 5.35. The van der Waals surface area contributed by atoms with E-state index in [0.717, 1.165) is 57.4 Å². The van der Waals surface area contributed by atoms with E-state index in [0.29, 0.717) is 11.7 Å². The number of nitrogens with one attached hydrogen (secondary N) is 1. The third-order valence-corrected chi connectivity index (χ3v) is 5.61. The van der Waals surface area contributed by atoms with Crippen molar-refractivity contribution in [3.63, 3.8) is 0 Å². The minimum atomic E-state index is 0. The average molecular weight is 389 g/mol. The molecule has 27 heavy (non-hydrogen) atoms. The van der Waals surface area contributed by atoms with Gasteiger partial charge in [-0.3, -0.25) is 4.79 Å². The molecule has 1 aliphatic heterocycles. The van der Waals surface area contributed by atoms with Crippen LogP contribution in [0.2, 0.25) is 0 Å². The highest BCUT2D eigenvalue weighted by Crippen LogP contribution is 2.29. The number of halogens is 1. The highest BCUT2D eigenvalue weighted by Gasteiger charge is 2.33. The molecule has 1 N–H and O–H groups in total. The monoisotopic (exact) mass is 388 g/mol. The summed E-state index contributed by atoms with van der Waals surface area (Å²) in [5.74, 6) is 0.115. The highest BCUT2D eigenvalue weighted by atomic mass is 35.5. The summed E-state index contributed by atoms with van der Waals surface area (Å²) < 4.78 is 2.01. The molecule has 1 unspecified atom stereocenters. The van der Waals surface area contributed by atoms with E-state index in [9.17, 15) is 4.79 Å². The van der Waals surface area contributed by atoms with Crippen molar-refractivity contribution in [2.45, 2.75) is 52.0 Å². The van der Waals surface area contributed by atoms with Crippen LogP contribution in [0.4, 0.5) is 0 Å². The second-order valence-corrected chi connectivity index (χ2v) is 7.52. The van der Waals surface area contributed by atoms with E-state index in [2.05, 4.69) is 48.3 Å². The molecule has 2 aliphatic rings. The van der Waals surface area contributed by atoms with Crippen molar-refractivity contribution in [2.75, 3.05) is 19.6 Å². The van der Waals surface area contributed by atoms with Crippen molar-refractivity contribution in [2.24, 2.45) is 0 Å². The molecule has 1 aromatic heterocycles. The summed E-state index contributed by atoms with van der Waals surface area (Å²) in [6.07, 6.45) is 5.08. The van der Waals surface area contributed by atoms with Gasteiger partial charge < -0.3 is 10.2 Å². The van der Waals surface area contributed by atoms with Crippen LogP contribution in [0, 0.1) is 6.92 Å². The molecule has 1 saturated heterocycles. The number of aryl methyl sites for hydroxylation is 1. The first kappa shape index (κ1) is 19.9. The Balaban J connectivity index is 0.00000210. The van der Waals surface area contributed by atoms with Crippen LogP contribution in [-0.4, -0.2) is 46.3 Å². The molecule has 0 radical (unpaired) electrons. The molecule has 0 bridgehead atoms. The summed E-state index contributed by atoms with van der Waals surface area (Å²) in [7, 11) is 0. The Morgan fingerprint density at radius 1 is 1.30 bits per heavy atom. The minimum absolute atomic E-state index is 0. The van der Waals surface area contributed by atoms with Crippen LogP contribution in [0.3, 0.4) is 0 Å². The van der Waals surface area contributed by atoms with E-state index in [4.69, 9.17) is 5.10 Å². The van der Waals surface area contributed by atoms with Gasteiger partial charge in [0.05, 0.1) is 5.69 Å². The van der Waals surface area contributed by atoms with Gasteiger partial charge in [0.2, 0.25) is 0 Å². The third kappa shape index (κ3) is 3.76. The van der Waals surface area contributed by atoms with Crippen LogP contribution in [0.25, 0.3) is 5.69 Å². The SMILES string of the molecule is CCCN(C(=O)c1nn(-c2ccc(C)cc2)c2c1CCC2)C1CCNC1.Cl. The van der Waals surface area contributed by atoms with Crippen LogP contribution in [0.5, 0.6) is 0 Å². The number of carbonyl (C=O) groups excluding carboxylic acids is 1. The van der Waals surface area contributed by atoms with Crippen molar-refractivity contribution in [1.82, 2.24) is 20.0 Å². The number of aromatic nitrogens is 2. The first-order chi connectivity index (χ1) is 12.7. The second-order valence-electron chi connectivity index (χ2n) is 7.52. The standard InChI is InChI=1S/C21H28N4O.ClH/c1-3-13-24(17-11-12-22-14-17)21(26)20-18-5-4-6-19(18)25(23-20)16-9-7-15(2)8-10-16;/h7-10,17,22H,3-6,11-14H2,1-2H3;1H. The molecule has 6 heteroatoms. The lowest BCUT2D eigenvalue weighted by atomic mass is 10.1. The Kier molecular flexibility index (Phi) is 6.22. The molecule has 5 nitrogen and oxygen atoms in total. The summed E-state index contributed by atoms with van der Waals surface area (Å²) in [6, 6.07) is 8.70. The lowest BCUT2D eigenvalue weighted by Gasteiger charge is -2.27. The molecule has 1 atom stereocenters. The topological polar surface area (TPSA) is 50.2 Å². The number of hydrogen-bond donors (Lipinski definition) is 1. The van der Waals surface area contributed by atoms with Gasteiger partial charge in [0.1, 0.15) is 0 Å². The Bertz CT molecular complexity index is 793. The molecule has 4 rings (SSSR count). The van der Waals surface area contributed by atoms with Crippen molar-refractivity contribution < 1.29 is 4.79 Å². The maximum Gasteiger partial charge on any atom is 0.274 e. The Morgan fingerprint density at radius 2 is 2.07 bits per heavy atom. The normalized spacial score (nSPS) is 18.2. The van der Waals surface area contributed by atoms with Crippen LogP contribution in [0.1, 0.15) is 53.5 Å². The van der Waals surface area contributed by atoms with Crippen LogP contribution >= 0.6 is 12.4 Å². The van der Waals surface area contributed by atoms with Crippen molar-refractivity contribution >= 4 is 18.3 Å². The van der Waals surface area contributed by atoms with Gasteiger partial charge in [0.25, 0.3) is 5.91 Å². The second kappa shape index (κ2) is 8.44. The Labute approximate surface area is 167 Å². The predicted molar refractivity (Wildman–Crippen MR) is 110 cm³/mol. The zero-order valence-corrected chi connectivity index (χ0v) is 17.0. The maximum absolute atomic E-state index is 13.4. The average Bonchev–Trinajstić information content (AvgIpc) is 3.37. The number of hydrogen-bond acceptors (Lipinski definition) is 3. The zero-order valence-electron chi connectivity index (χ0n) is 16.2. The van der Waals surface area contributed by atoms with E-state index in [1.807, 2.05) is 4.68 Å². The van der Waals surface area contributed by atoms with E-state index in [1.54, 1.807) is 0 Å². The van der Waals surface area contributed by atoms with Crippen LogP contribution < -0.4 is 5.32 Å². The fourth-order valence-electron chi connectivity index (χ4n) is 4.24. The number of carbonyl (C=O) groups is 1. The van der Waals surface area contributed by atoms with Gasteiger partial charge in [-0.05, 0) is 57.7 Å². The van der Waals surface area contributed by atoms with Gasteiger partial charge in [-0.15, -0.1) is 12.4 Å². The lowest BCUT2D eigenvalue weighted by molar-refractivity contribution is 0.0684. The summed E-state index contributed by atoms with van der Waals surface area (Å²) in [6.45, 7) is 6.92. The highest BCUT2D eigenvalue weighted by molar-refractivity contribution is 5.94. The molecular weight excluding hydrogens is 360 g/mol. The first-order valence-corrected chi connectivity index (χ1v) is 9.88. The minimum Gasteiger partial charge on any atom is -0.333 e. The fraction of sp³-hybridized carbons (Fsp3) is 0.524. The van der Waals surface area contributed by atoms with Crippen LogP contribution in [0.15, 0.2) is 24.3 Å². The van der Waals surface area contributed by atoms with Gasteiger partial charge >= 0.3 is 0 Å². The quantitative estimate of drug-likeness (QED) is 0.854. The van der Waals surface area contributed by atoms with E-state index in [-0.39, 0.29) is 18.3 Å².